The summed E-state index contributed by atoms with van der Waals surface area (Å²) in [5.74, 6) is 0.569. The van der Waals surface area contributed by atoms with Crippen molar-refractivity contribution in [2.45, 2.75) is 38.2 Å². The molecule has 1 aromatic carbocycles. The van der Waals surface area contributed by atoms with Gasteiger partial charge in [0.2, 0.25) is 0 Å². The van der Waals surface area contributed by atoms with Crippen LogP contribution in [0, 0.1) is 16.0 Å². The second-order valence-electron chi connectivity index (χ2n) is 8.82. The number of pyridine rings is 1. The highest BCUT2D eigenvalue weighted by Crippen LogP contribution is 2.32. The van der Waals surface area contributed by atoms with Crippen LogP contribution in [0.4, 0.5) is 17.2 Å². The van der Waals surface area contributed by atoms with E-state index in [4.69, 9.17) is 16.3 Å². The lowest BCUT2D eigenvalue weighted by Crippen LogP contribution is -2.38. The number of nitro benzene ring substituents is 1. The first-order valence-electron chi connectivity index (χ1n) is 11.8. The van der Waals surface area contributed by atoms with Gasteiger partial charge in [-0.25, -0.2) is 4.98 Å². The monoisotopic (exact) mass is 487 g/mol. The predicted molar refractivity (Wildman–Crippen MR) is 132 cm³/mol. The zero-order valence-corrected chi connectivity index (χ0v) is 19.8. The molecule has 1 amide bonds. The summed E-state index contributed by atoms with van der Waals surface area (Å²) < 4.78 is 5.78. The van der Waals surface area contributed by atoms with Gasteiger partial charge >= 0.3 is 0 Å². The Morgan fingerprint density at radius 2 is 2.09 bits per heavy atom. The molecule has 2 aliphatic heterocycles. The molecule has 9 nitrogen and oxygen atoms in total. The minimum atomic E-state index is -0.432. The predicted octanol–water partition coefficient (Wildman–Crippen LogP) is 4.27. The number of rotatable bonds is 8. The molecule has 0 aliphatic carbocycles. The molecule has 10 heteroatoms. The number of carbonyl (C=O) groups excluding carboxylic acids is 1. The normalized spacial score (nSPS) is 19.1. The number of hydrogen-bond acceptors (Lipinski definition) is 7. The van der Waals surface area contributed by atoms with Crippen LogP contribution in [-0.2, 0) is 4.74 Å². The number of ether oxygens (including phenoxy) is 1. The summed E-state index contributed by atoms with van der Waals surface area (Å²) >= 11 is 5.92. The molecule has 0 radical (unpaired) electrons. The van der Waals surface area contributed by atoms with Crippen molar-refractivity contribution >= 4 is 34.7 Å². The van der Waals surface area contributed by atoms with Crippen LogP contribution >= 0.6 is 11.6 Å². The molecule has 182 valence electrons. The maximum atomic E-state index is 13.0. The number of non-ortho nitro benzene ring substituents is 1. The van der Waals surface area contributed by atoms with Gasteiger partial charge in [0, 0.05) is 38.3 Å². The van der Waals surface area contributed by atoms with Crippen molar-refractivity contribution < 1.29 is 14.5 Å². The number of aromatic nitrogens is 1. The van der Waals surface area contributed by atoms with Gasteiger partial charge in [0.05, 0.1) is 28.9 Å². The lowest BCUT2D eigenvalue weighted by atomic mass is 9.90. The molecule has 2 saturated heterocycles. The molecule has 2 N–H and O–H groups in total. The SMILES string of the molecule is O=C(Nc1cccc(Cl)n1)c1ccc([N+](=O)[O-])cc1N1CCC(CCCC2CNCCO2)CC1. The summed E-state index contributed by atoms with van der Waals surface area (Å²) in [7, 11) is 0. The lowest BCUT2D eigenvalue weighted by molar-refractivity contribution is -0.384. The van der Waals surface area contributed by atoms with E-state index in [0.29, 0.717) is 29.1 Å². The van der Waals surface area contributed by atoms with Gasteiger partial charge in [-0.3, -0.25) is 14.9 Å². The van der Waals surface area contributed by atoms with Crippen molar-refractivity contribution in [2.75, 3.05) is 43.0 Å². The highest BCUT2D eigenvalue weighted by Gasteiger charge is 2.25. The summed E-state index contributed by atoms with van der Waals surface area (Å²) in [6.07, 6.45) is 5.64. The van der Waals surface area contributed by atoms with E-state index in [1.807, 2.05) is 0 Å². The maximum absolute atomic E-state index is 13.0. The van der Waals surface area contributed by atoms with E-state index in [1.165, 1.54) is 18.2 Å². The molecule has 1 aromatic heterocycles. The van der Waals surface area contributed by atoms with Crippen LogP contribution in [0.3, 0.4) is 0 Å². The molecule has 4 rings (SSSR count). The number of benzene rings is 1. The third-order valence-electron chi connectivity index (χ3n) is 6.49. The second kappa shape index (κ2) is 11.6. The van der Waals surface area contributed by atoms with Crippen LogP contribution in [0.5, 0.6) is 0 Å². The van der Waals surface area contributed by atoms with Crippen LogP contribution in [0.1, 0.15) is 42.5 Å². The van der Waals surface area contributed by atoms with Crippen molar-refractivity contribution in [3.05, 3.63) is 57.2 Å². The number of morpholine rings is 1. The maximum Gasteiger partial charge on any atom is 0.271 e. The Kier molecular flexibility index (Phi) is 8.31. The fourth-order valence-corrected chi connectivity index (χ4v) is 4.81. The van der Waals surface area contributed by atoms with Gasteiger partial charge in [0.1, 0.15) is 11.0 Å². The third-order valence-corrected chi connectivity index (χ3v) is 6.70. The van der Waals surface area contributed by atoms with Crippen LogP contribution in [0.2, 0.25) is 5.15 Å². The minimum Gasteiger partial charge on any atom is -0.376 e. The summed E-state index contributed by atoms with van der Waals surface area (Å²) in [6, 6.07) is 9.33. The van der Waals surface area contributed by atoms with E-state index in [-0.39, 0.29) is 16.7 Å². The number of halogens is 1. The van der Waals surface area contributed by atoms with Crippen molar-refractivity contribution in [1.29, 1.82) is 0 Å². The van der Waals surface area contributed by atoms with Gasteiger partial charge in [-0.2, -0.15) is 0 Å². The highest BCUT2D eigenvalue weighted by molar-refractivity contribution is 6.29. The second-order valence-corrected chi connectivity index (χ2v) is 9.20. The molecule has 2 fully saturated rings. The molecule has 1 atom stereocenters. The molecule has 34 heavy (non-hydrogen) atoms. The zero-order valence-electron chi connectivity index (χ0n) is 19.0. The van der Waals surface area contributed by atoms with Crippen molar-refractivity contribution in [2.24, 2.45) is 5.92 Å². The minimum absolute atomic E-state index is 0.0318. The van der Waals surface area contributed by atoms with E-state index in [2.05, 4.69) is 20.5 Å². The zero-order chi connectivity index (χ0) is 23.9. The summed E-state index contributed by atoms with van der Waals surface area (Å²) in [5.41, 5.74) is 0.928. The van der Waals surface area contributed by atoms with Crippen molar-refractivity contribution in [1.82, 2.24) is 10.3 Å². The number of carbonyl (C=O) groups is 1. The topological polar surface area (TPSA) is 110 Å². The van der Waals surface area contributed by atoms with Gasteiger partial charge < -0.3 is 20.3 Å². The largest absolute Gasteiger partial charge is 0.376 e. The Bertz CT molecular complexity index is 1010. The lowest BCUT2D eigenvalue weighted by Gasteiger charge is -2.34. The van der Waals surface area contributed by atoms with E-state index in [9.17, 15) is 14.9 Å². The Morgan fingerprint density at radius 1 is 1.26 bits per heavy atom. The van der Waals surface area contributed by atoms with Crippen molar-refractivity contribution in [3.8, 4) is 0 Å². The number of amides is 1. The molecular weight excluding hydrogens is 458 g/mol. The smallest absolute Gasteiger partial charge is 0.271 e. The molecule has 3 heterocycles. The standard InChI is InChI=1S/C24H30ClN5O4/c25-22-5-2-6-23(27-22)28-24(31)20-8-7-18(30(32)33)15-21(20)29-12-9-17(10-13-29)3-1-4-19-16-26-11-14-34-19/h2,5-8,15,17,19,26H,1,3-4,9-14,16H2,(H,27,28,31). The van der Waals surface area contributed by atoms with Gasteiger partial charge in [0.15, 0.2) is 0 Å². The van der Waals surface area contributed by atoms with Gasteiger partial charge in [0.25, 0.3) is 11.6 Å². The number of hydrogen-bond donors (Lipinski definition) is 2. The van der Waals surface area contributed by atoms with Crippen molar-refractivity contribution in [3.63, 3.8) is 0 Å². The van der Waals surface area contributed by atoms with Crippen LogP contribution in [0.15, 0.2) is 36.4 Å². The quantitative estimate of drug-likeness (QED) is 0.325. The Balaban J connectivity index is 1.39. The summed E-state index contributed by atoms with van der Waals surface area (Å²) in [4.78, 5) is 30.2. The molecule has 0 saturated carbocycles. The number of nitro groups is 1. The number of nitrogens with zero attached hydrogens (tertiary/aromatic N) is 3. The first-order valence-corrected chi connectivity index (χ1v) is 12.2. The fraction of sp³-hybridized carbons (Fsp3) is 0.500. The molecule has 0 spiro atoms. The molecule has 2 aromatic rings. The first-order chi connectivity index (χ1) is 16.5. The summed E-state index contributed by atoms with van der Waals surface area (Å²) in [5, 5.41) is 17.8. The Labute approximate surface area is 204 Å². The van der Waals surface area contributed by atoms with Gasteiger partial charge in [-0.15, -0.1) is 0 Å². The van der Waals surface area contributed by atoms with Crippen LogP contribution in [-0.4, -0.2) is 54.7 Å². The Hall–Kier alpha value is -2.75. The fourth-order valence-electron chi connectivity index (χ4n) is 4.65. The van der Waals surface area contributed by atoms with Gasteiger partial charge in [-0.1, -0.05) is 30.5 Å². The highest BCUT2D eigenvalue weighted by atomic mass is 35.5. The van der Waals surface area contributed by atoms with E-state index >= 15 is 0 Å². The van der Waals surface area contributed by atoms with E-state index < -0.39 is 4.92 Å². The molecule has 0 bridgehead atoms. The first kappa shape index (κ1) is 24.4. The number of piperidine rings is 1. The van der Waals surface area contributed by atoms with Gasteiger partial charge in [-0.05, 0) is 43.4 Å². The molecular formula is C24H30ClN5O4. The number of anilines is 2. The van der Waals surface area contributed by atoms with Crippen LogP contribution in [0.25, 0.3) is 0 Å². The van der Waals surface area contributed by atoms with E-state index in [0.717, 1.165) is 64.9 Å². The third kappa shape index (κ3) is 6.43. The molecule has 1 unspecified atom stereocenters. The number of nitrogens with one attached hydrogen (secondary N) is 2. The van der Waals surface area contributed by atoms with Crippen LogP contribution < -0.4 is 15.5 Å². The summed E-state index contributed by atoms with van der Waals surface area (Å²) in [6.45, 7) is 4.16. The average Bonchev–Trinajstić information content (AvgIpc) is 2.85. The van der Waals surface area contributed by atoms with E-state index in [1.54, 1.807) is 18.2 Å². The molecule has 2 aliphatic rings. The Morgan fingerprint density at radius 3 is 2.79 bits per heavy atom. The average molecular weight is 488 g/mol.